The maximum atomic E-state index is 5.70. The first kappa shape index (κ1) is 10.2. The molecule has 0 unspecified atom stereocenters. The molecule has 0 saturated carbocycles. The van der Waals surface area contributed by atoms with Gasteiger partial charge in [-0.25, -0.2) is 0 Å². The van der Waals surface area contributed by atoms with E-state index in [1.165, 1.54) is 0 Å². The molecule has 2 aromatic heterocycles. The highest BCUT2D eigenvalue weighted by Gasteiger charge is 2.15. The van der Waals surface area contributed by atoms with E-state index in [1.54, 1.807) is 6.07 Å². The summed E-state index contributed by atoms with van der Waals surface area (Å²) in [4.78, 5) is 0. The van der Waals surface area contributed by atoms with Gasteiger partial charge in [0.25, 0.3) is 0 Å². The van der Waals surface area contributed by atoms with Crippen molar-refractivity contribution in [3.8, 4) is 11.3 Å². The lowest BCUT2D eigenvalue weighted by molar-refractivity contribution is 0.424. The predicted molar refractivity (Wildman–Crippen MR) is 57.9 cm³/mol. The van der Waals surface area contributed by atoms with Crippen molar-refractivity contribution < 1.29 is 4.52 Å². The highest BCUT2D eigenvalue weighted by Crippen LogP contribution is 2.27. The zero-order chi connectivity index (χ0) is 11.0. The molecule has 2 aromatic rings. The lowest BCUT2D eigenvalue weighted by Crippen LogP contribution is -1.98. The number of aromatic nitrogens is 3. The number of rotatable bonds is 2. The van der Waals surface area contributed by atoms with E-state index in [0.29, 0.717) is 5.22 Å². The Morgan fingerprint density at radius 3 is 2.67 bits per heavy atom. The third-order valence-electron chi connectivity index (χ3n) is 2.42. The predicted octanol–water partition coefficient (Wildman–Crippen LogP) is 2.83. The minimum Gasteiger partial charge on any atom is -0.344 e. The highest BCUT2D eigenvalue weighted by molar-refractivity contribution is 6.29. The molecule has 0 aliphatic rings. The maximum Gasteiger partial charge on any atom is 0.226 e. The SMILES string of the molecule is CCn1nc(C)c(-c2cc(Cl)on2)c1C. The summed E-state index contributed by atoms with van der Waals surface area (Å²) < 4.78 is 6.79. The molecule has 0 spiro atoms. The third-order valence-corrected chi connectivity index (χ3v) is 2.60. The number of aryl methyl sites for hydroxylation is 2. The quantitative estimate of drug-likeness (QED) is 0.790. The highest BCUT2D eigenvalue weighted by atomic mass is 35.5. The van der Waals surface area contributed by atoms with Gasteiger partial charge < -0.3 is 4.52 Å². The van der Waals surface area contributed by atoms with Crippen molar-refractivity contribution in [2.75, 3.05) is 0 Å². The van der Waals surface area contributed by atoms with E-state index in [-0.39, 0.29) is 0 Å². The topological polar surface area (TPSA) is 43.9 Å². The van der Waals surface area contributed by atoms with Gasteiger partial charge in [0.15, 0.2) is 0 Å². The van der Waals surface area contributed by atoms with Gasteiger partial charge in [0.1, 0.15) is 5.69 Å². The molecule has 0 saturated heterocycles. The molecule has 80 valence electrons. The van der Waals surface area contributed by atoms with Crippen LogP contribution in [0.15, 0.2) is 10.6 Å². The fourth-order valence-electron chi connectivity index (χ4n) is 1.75. The zero-order valence-electron chi connectivity index (χ0n) is 8.91. The van der Waals surface area contributed by atoms with Gasteiger partial charge in [-0.1, -0.05) is 5.16 Å². The Labute approximate surface area is 92.8 Å². The Balaban J connectivity index is 2.57. The zero-order valence-corrected chi connectivity index (χ0v) is 9.67. The van der Waals surface area contributed by atoms with Crippen LogP contribution in [0, 0.1) is 13.8 Å². The van der Waals surface area contributed by atoms with E-state index in [0.717, 1.165) is 29.2 Å². The monoisotopic (exact) mass is 225 g/mol. The standard InChI is InChI=1S/C10H12ClN3O/c1-4-14-7(3)10(6(2)12-14)8-5-9(11)15-13-8/h5H,4H2,1-3H3. The summed E-state index contributed by atoms with van der Waals surface area (Å²) in [5.41, 5.74) is 3.78. The molecule has 0 radical (unpaired) electrons. The maximum absolute atomic E-state index is 5.70. The molecule has 15 heavy (non-hydrogen) atoms. The Morgan fingerprint density at radius 2 is 2.20 bits per heavy atom. The third kappa shape index (κ3) is 1.65. The fraction of sp³-hybridized carbons (Fsp3) is 0.400. The van der Waals surface area contributed by atoms with Gasteiger partial charge in [0, 0.05) is 23.9 Å². The Bertz CT molecular complexity index is 487. The van der Waals surface area contributed by atoms with Gasteiger partial charge in [0.2, 0.25) is 5.22 Å². The average molecular weight is 226 g/mol. The minimum atomic E-state index is 0.299. The van der Waals surface area contributed by atoms with Crippen LogP contribution in [-0.2, 0) is 6.54 Å². The molecule has 5 heteroatoms. The van der Waals surface area contributed by atoms with Gasteiger partial charge in [-0.3, -0.25) is 4.68 Å². The number of nitrogens with zero attached hydrogens (tertiary/aromatic N) is 3. The summed E-state index contributed by atoms with van der Waals surface area (Å²) >= 11 is 5.70. The van der Waals surface area contributed by atoms with Crippen LogP contribution in [0.1, 0.15) is 18.3 Å². The van der Waals surface area contributed by atoms with Crippen LogP contribution in [0.25, 0.3) is 11.3 Å². The van der Waals surface area contributed by atoms with E-state index in [2.05, 4.69) is 17.2 Å². The van der Waals surface area contributed by atoms with Crippen molar-refractivity contribution in [1.29, 1.82) is 0 Å². The summed E-state index contributed by atoms with van der Waals surface area (Å²) in [6.07, 6.45) is 0. The number of halogens is 1. The molecule has 0 atom stereocenters. The Kier molecular flexibility index (Phi) is 2.52. The molecule has 2 heterocycles. The number of hydrogen-bond donors (Lipinski definition) is 0. The van der Waals surface area contributed by atoms with Crippen LogP contribution in [0.3, 0.4) is 0 Å². The van der Waals surface area contributed by atoms with E-state index < -0.39 is 0 Å². The van der Waals surface area contributed by atoms with Crippen molar-refractivity contribution in [2.45, 2.75) is 27.3 Å². The molecule has 4 nitrogen and oxygen atoms in total. The van der Waals surface area contributed by atoms with Crippen LogP contribution >= 0.6 is 11.6 Å². The Morgan fingerprint density at radius 1 is 1.47 bits per heavy atom. The largest absolute Gasteiger partial charge is 0.344 e. The van der Waals surface area contributed by atoms with Crippen LogP contribution in [0.4, 0.5) is 0 Å². The molecule has 2 rings (SSSR count). The molecule has 0 fully saturated rings. The molecular weight excluding hydrogens is 214 g/mol. The summed E-state index contributed by atoms with van der Waals surface area (Å²) in [6.45, 7) is 6.87. The smallest absolute Gasteiger partial charge is 0.226 e. The van der Waals surface area contributed by atoms with Crippen molar-refractivity contribution in [2.24, 2.45) is 0 Å². The molecule has 0 N–H and O–H groups in total. The van der Waals surface area contributed by atoms with Crippen LogP contribution in [0.2, 0.25) is 5.22 Å². The van der Waals surface area contributed by atoms with Gasteiger partial charge in [-0.05, 0) is 32.4 Å². The molecule has 0 aliphatic heterocycles. The van der Waals surface area contributed by atoms with E-state index in [4.69, 9.17) is 16.1 Å². The lowest BCUT2D eigenvalue weighted by atomic mass is 10.1. The normalized spacial score (nSPS) is 10.9. The van der Waals surface area contributed by atoms with E-state index >= 15 is 0 Å². The van der Waals surface area contributed by atoms with Crippen molar-refractivity contribution in [3.63, 3.8) is 0 Å². The fourth-order valence-corrected chi connectivity index (χ4v) is 1.88. The first-order valence-corrected chi connectivity index (χ1v) is 5.18. The average Bonchev–Trinajstić information content (AvgIpc) is 2.71. The molecular formula is C10H12ClN3O. The van der Waals surface area contributed by atoms with E-state index in [1.807, 2.05) is 18.5 Å². The summed E-state index contributed by atoms with van der Waals surface area (Å²) in [7, 11) is 0. The first-order chi connectivity index (χ1) is 7.13. The second-order valence-electron chi connectivity index (χ2n) is 3.38. The van der Waals surface area contributed by atoms with E-state index in [9.17, 15) is 0 Å². The first-order valence-electron chi connectivity index (χ1n) is 4.80. The summed E-state index contributed by atoms with van der Waals surface area (Å²) in [6, 6.07) is 1.71. The van der Waals surface area contributed by atoms with Crippen LogP contribution in [0.5, 0.6) is 0 Å². The van der Waals surface area contributed by atoms with Crippen molar-refractivity contribution in [3.05, 3.63) is 22.7 Å². The summed E-state index contributed by atoms with van der Waals surface area (Å²) in [5, 5.41) is 8.60. The van der Waals surface area contributed by atoms with Gasteiger partial charge in [-0.2, -0.15) is 5.10 Å². The molecule has 0 aliphatic carbocycles. The van der Waals surface area contributed by atoms with Gasteiger partial charge >= 0.3 is 0 Å². The second kappa shape index (κ2) is 3.70. The molecule has 0 aromatic carbocycles. The Hall–Kier alpha value is -1.29. The molecule has 0 bridgehead atoms. The van der Waals surface area contributed by atoms with Crippen LogP contribution in [-0.4, -0.2) is 14.9 Å². The van der Waals surface area contributed by atoms with Crippen molar-refractivity contribution in [1.82, 2.24) is 14.9 Å². The lowest BCUT2D eigenvalue weighted by Gasteiger charge is -1.98. The second-order valence-corrected chi connectivity index (χ2v) is 3.75. The van der Waals surface area contributed by atoms with Crippen LogP contribution < -0.4 is 0 Å². The van der Waals surface area contributed by atoms with Gasteiger partial charge in [-0.15, -0.1) is 0 Å². The summed E-state index contributed by atoms with van der Waals surface area (Å²) in [5.74, 6) is 0. The van der Waals surface area contributed by atoms with Crippen molar-refractivity contribution >= 4 is 11.6 Å². The minimum absolute atomic E-state index is 0.299. The van der Waals surface area contributed by atoms with Gasteiger partial charge in [0.05, 0.1) is 5.69 Å². The number of hydrogen-bond acceptors (Lipinski definition) is 3. The molecule has 0 amide bonds.